The highest BCUT2D eigenvalue weighted by Crippen LogP contribution is 2.37. The fourth-order valence-electron chi connectivity index (χ4n) is 2.80. The quantitative estimate of drug-likeness (QED) is 0.765. The van der Waals surface area contributed by atoms with Crippen molar-refractivity contribution in [2.75, 3.05) is 6.61 Å². The van der Waals surface area contributed by atoms with Gasteiger partial charge in [-0.1, -0.05) is 38.1 Å². The summed E-state index contributed by atoms with van der Waals surface area (Å²) in [6.45, 7) is 6.07. The predicted molar refractivity (Wildman–Crippen MR) is 95.8 cm³/mol. The minimum absolute atomic E-state index is 0.0446. The SMILES string of the molecule is Cc1cc(OCC#N)cc2c1C(=O)/C(=C/c1ccc(C(C)C)cc1)O2. The number of Topliss-reactive ketones (excluding diaryl/α,β-unsaturated/α-hetero) is 1. The highest BCUT2D eigenvalue weighted by Gasteiger charge is 2.30. The van der Waals surface area contributed by atoms with Crippen molar-refractivity contribution in [2.24, 2.45) is 0 Å². The first-order chi connectivity index (χ1) is 12.0. The van der Waals surface area contributed by atoms with Crippen LogP contribution in [-0.2, 0) is 0 Å². The van der Waals surface area contributed by atoms with Crippen LogP contribution in [0.1, 0.15) is 46.8 Å². The van der Waals surface area contributed by atoms with Crippen LogP contribution < -0.4 is 9.47 Å². The molecule has 25 heavy (non-hydrogen) atoms. The summed E-state index contributed by atoms with van der Waals surface area (Å²) in [6, 6.07) is 13.4. The third kappa shape index (κ3) is 3.41. The second kappa shape index (κ2) is 6.82. The topological polar surface area (TPSA) is 59.3 Å². The summed E-state index contributed by atoms with van der Waals surface area (Å²) in [5.74, 6) is 1.63. The Balaban J connectivity index is 1.89. The van der Waals surface area contributed by atoms with Crippen molar-refractivity contribution >= 4 is 11.9 Å². The Morgan fingerprint density at radius 3 is 2.60 bits per heavy atom. The second-order valence-corrected chi connectivity index (χ2v) is 6.32. The molecule has 1 aliphatic rings. The summed E-state index contributed by atoms with van der Waals surface area (Å²) in [5, 5.41) is 8.62. The fraction of sp³-hybridized carbons (Fsp3) is 0.238. The molecule has 0 radical (unpaired) electrons. The number of nitriles is 1. The number of carbonyl (C=O) groups is 1. The van der Waals surface area contributed by atoms with E-state index in [0.717, 1.165) is 11.1 Å². The predicted octanol–water partition coefficient (Wildman–Crippen LogP) is 4.64. The lowest BCUT2D eigenvalue weighted by atomic mass is 10.0. The Kier molecular flexibility index (Phi) is 4.58. The molecular weight excluding hydrogens is 314 g/mol. The monoisotopic (exact) mass is 333 g/mol. The molecular formula is C21H19NO3. The first-order valence-corrected chi connectivity index (χ1v) is 8.18. The molecule has 0 unspecified atom stereocenters. The molecule has 4 nitrogen and oxygen atoms in total. The van der Waals surface area contributed by atoms with Gasteiger partial charge in [0, 0.05) is 6.07 Å². The van der Waals surface area contributed by atoms with Gasteiger partial charge >= 0.3 is 0 Å². The summed E-state index contributed by atoms with van der Waals surface area (Å²) in [5.41, 5.74) is 3.49. The average molecular weight is 333 g/mol. The molecule has 0 N–H and O–H groups in total. The molecule has 2 aromatic rings. The molecule has 0 saturated carbocycles. The normalized spacial score (nSPS) is 14.4. The van der Waals surface area contributed by atoms with E-state index in [1.54, 1.807) is 18.2 Å². The number of nitrogens with zero attached hydrogens (tertiary/aromatic N) is 1. The molecule has 1 heterocycles. The third-order valence-electron chi connectivity index (χ3n) is 4.15. The Bertz CT molecular complexity index is 887. The molecule has 0 amide bonds. The lowest BCUT2D eigenvalue weighted by molar-refractivity contribution is 0.101. The Morgan fingerprint density at radius 1 is 1.24 bits per heavy atom. The zero-order chi connectivity index (χ0) is 18.0. The third-order valence-corrected chi connectivity index (χ3v) is 4.15. The van der Waals surface area contributed by atoms with E-state index >= 15 is 0 Å². The van der Waals surface area contributed by atoms with Crippen molar-refractivity contribution in [3.63, 3.8) is 0 Å². The average Bonchev–Trinajstić information content (AvgIpc) is 2.89. The van der Waals surface area contributed by atoms with Gasteiger partial charge in [-0.2, -0.15) is 5.26 Å². The van der Waals surface area contributed by atoms with E-state index in [1.165, 1.54) is 5.56 Å². The van der Waals surface area contributed by atoms with Crippen LogP contribution >= 0.6 is 0 Å². The van der Waals surface area contributed by atoms with E-state index in [2.05, 4.69) is 26.0 Å². The maximum absolute atomic E-state index is 12.6. The van der Waals surface area contributed by atoms with Gasteiger partial charge in [0.2, 0.25) is 5.78 Å². The summed E-state index contributed by atoms with van der Waals surface area (Å²) in [4.78, 5) is 12.6. The minimum atomic E-state index is -0.132. The molecule has 126 valence electrons. The van der Waals surface area contributed by atoms with Crippen molar-refractivity contribution in [1.29, 1.82) is 5.26 Å². The van der Waals surface area contributed by atoms with Gasteiger partial charge in [0.05, 0.1) is 5.56 Å². The van der Waals surface area contributed by atoms with Crippen molar-refractivity contribution < 1.29 is 14.3 Å². The molecule has 3 rings (SSSR count). The van der Waals surface area contributed by atoms with Gasteiger partial charge < -0.3 is 9.47 Å². The number of carbonyl (C=O) groups excluding carboxylic acids is 1. The molecule has 0 atom stereocenters. The van der Waals surface area contributed by atoms with Crippen LogP contribution in [0, 0.1) is 18.3 Å². The number of ether oxygens (including phenoxy) is 2. The lowest BCUT2D eigenvalue weighted by Gasteiger charge is -2.06. The smallest absolute Gasteiger partial charge is 0.232 e. The molecule has 2 aromatic carbocycles. The van der Waals surface area contributed by atoms with Crippen LogP contribution in [0.15, 0.2) is 42.2 Å². The van der Waals surface area contributed by atoms with E-state index < -0.39 is 0 Å². The second-order valence-electron chi connectivity index (χ2n) is 6.32. The zero-order valence-electron chi connectivity index (χ0n) is 14.5. The Hall–Kier alpha value is -3.06. The van der Waals surface area contributed by atoms with Crippen LogP contribution in [0.5, 0.6) is 11.5 Å². The van der Waals surface area contributed by atoms with E-state index in [4.69, 9.17) is 14.7 Å². The number of rotatable bonds is 4. The molecule has 0 aliphatic carbocycles. The molecule has 0 spiro atoms. The van der Waals surface area contributed by atoms with Gasteiger partial charge in [-0.25, -0.2) is 0 Å². The van der Waals surface area contributed by atoms with Crippen molar-refractivity contribution in [3.05, 3.63) is 64.4 Å². The maximum atomic E-state index is 12.6. The summed E-state index contributed by atoms with van der Waals surface area (Å²) >= 11 is 0. The van der Waals surface area contributed by atoms with Gasteiger partial charge in [-0.3, -0.25) is 4.79 Å². The van der Waals surface area contributed by atoms with Crippen molar-refractivity contribution in [1.82, 2.24) is 0 Å². The van der Waals surface area contributed by atoms with E-state index in [9.17, 15) is 4.79 Å². The Morgan fingerprint density at radius 2 is 1.96 bits per heavy atom. The van der Waals surface area contributed by atoms with E-state index in [1.807, 2.05) is 25.1 Å². The number of allylic oxidation sites excluding steroid dienone is 1. The first kappa shape index (κ1) is 16.8. The molecule has 1 aliphatic heterocycles. The maximum Gasteiger partial charge on any atom is 0.232 e. The van der Waals surface area contributed by atoms with Gasteiger partial charge in [0.1, 0.15) is 17.6 Å². The van der Waals surface area contributed by atoms with Gasteiger partial charge in [-0.15, -0.1) is 0 Å². The highest BCUT2D eigenvalue weighted by molar-refractivity contribution is 6.15. The summed E-state index contributed by atoms with van der Waals surface area (Å²) < 4.78 is 11.1. The van der Waals surface area contributed by atoms with Crippen LogP contribution in [-0.4, -0.2) is 12.4 Å². The number of fused-ring (bicyclic) bond motifs is 1. The molecule has 0 bridgehead atoms. The Labute approximate surface area is 147 Å². The van der Waals surface area contributed by atoms with Crippen LogP contribution in [0.25, 0.3) is 6.08 Å². The molecule has 0 aromatic heterocycles. The number of ketones is 1. The zero-order valence-corrected chi connectivity index (χ0v) is 14.5. The molecule has 0 fully saturated rings. The molecule has 4 heteroatoms. The number of hydrogen-bond acceptors (Lipinski definition) is 4. The fourth-order valence-corrected chi connectivity index (χ4v) is 2.80. The largest absolute Gasteiger partial charge is 0.479 e. The number of hydrogen-bond donors (Lipinski definition) is 0. The molecule has 0 saturated heterocycles. The van der Waals surface area contributed by atoms with Gasteiger partial charge in [0.25, 0.3) is 0 Å². The standard InChI is InChI=1S/C21H19NO3/c1-13(2)16-6-4-15(5-7-16)11-19-21(23)20-14(3)10-17(24-9-8-22)12-18(20)25-19/h4-7,10-13H,9H2,1-3H3/b19-11-. The summed E-state index contributed by atoms with van der Waals surface area (Å²) in [7, 11) is 0. The van der Waals surface area contributed by atoms with Crippen LogP contribution in [0.4, 0.5) is 0 Å². The number of aryl methyl sites for hydroxylation is 1. The lowest BCUT2D eigenvalue weighted by Crippen LogP contribution is -2.00. The first-order valence-electron chi connectivity index (χ1n) is 8.18. The number of benzene rings is 2. The van der Waals surface area contributed by atoms with Crippen LogP contribution in [0.3, 0.4) is 0 Å². The van der Waals surface area contributed by atoms with Gasteiger partial charge in [-0.05, 0) is 41.7 Å². The van der Waals surface area contributed by atoms with Crippen molar-refractivity contribution in [3.8, 4) is 17.6 Å². The minimum Gasteiger partial charge on any atom is -0.479 e. The van der Waals surface area contributed by atoms with Crippen LogP contribution in [0.2, 0.25) is 0 Å². The van der Waals surface area contributed by atoms with Gasteiger partial charge in [0.15, 0.2) is 12.4 Å². The van der Waals surface area contributed by atoms with Crippen molar-refractivity contribution in [2.45, 2.75) is 26.7 Å². The van der Waals surface area contributed by atoms with E-state index in [-0.39, 0.29) is 12.4 Å². The highest BCUT2D eigenvalue weighted by atomic mass is 16.5. The summed E-state index contributed by atoms with van der Waals surface area (Å²) in [6.07, 6.45) is 1.75. The van der Waals surface area contributed by atoms with E-state index in [0.29, 0.717) is 28.7 Å².